The van der Waals surface area contributed by atoms with Gasteiger partial charge >= 0.3 is 0 Å². The number of carbonyl (C=O) groups is 1. The first kappa shape index (κ1) is 17.0. The summed E-state index contributed by atoms with van der Waals surface area (Å²) in [6.07, 6.45) is 0. The molecular weight excluding hydrogens is 361 g/mol. The summed E-state index contributed by atoms with van der Waals surface area (Å²) in [4.78, 5) is 13.8. The molecule has 0 aliphatic carbocycles. The van der Waals surface area contributed by atoms with Gasteiger partial charge in [0.15, 0.2) is 5.69 Å². The Bertz CT molecular complexity index is 1010. The van der Waals surface area contributed by atoms with E-state index in [2.05, 4.69) is 15.5 Å². The zero-order chi connectivity index (χ0) is 18.0. The van der Waals surface area contributed by atoms with E-state index in [1.165, 1.54) is 16.9 Å². The van der Waals surface area contributed by atoms with E-state index in [0.717, 1.165) is 0 Å². The van der Waals surface area contributed by atoms with Gasteiger partial charge in [-0.25, -0.2) is 0 Å². The van der Waals surface area contributed by atoms with Crippen molar-refractivity contribution in [2.45, 2.75) is 6.92 Å². The van der Waals surface area contributed by atoms with Crippen LogP contribution in [0.5, 0.6) is 0 Å². The maximum absolute atomic E-state index is 12.5. The molecule has 0 aliphatic rings. The lowest BCUT2D eigenvalue weighted by molar-refractivity contribution is 0.102. The smallest absolute Gasteiger partial charge is 0.278 e. The second kappa shape index (κ2) is 6.93. The van der Waals surface area contributed by atoms with Gasteiger partial charge in [-0.1, -0.05) is 29.3 Å². The number of rotatable bonds is 3. The maximum Gasteiger partial charge on any atom is 0.278 e. The first-order valence-corrected chi connectivity index (χ1v) is 7.94. The summed E-state index contributed by atoms with van der Waals surface area (Å²) in [7, 11) is 0. The van der Waals surface area contributed by atoms with Crippen LogP contribution in [0.2, 0.25) is 10.0 Å². The first-order valence-electron chi connectivity index (χ1n) is 7.19. The number of nitrogens with zero attached hydrogens (tertiary/aromatic N) is 4. The van der Waals surface area contributed by atoms with Gasteiger partial charge in [-0.15, -0.1) is 5.10 Å². The Morgan fingerprint density at radius 2 is 2.00 bits per heavy atom. The Morgan fingerprint density at radius 1 is 1.20 bits per heavy atom. The van der Waals surface area contributed by atoms with E-state index in [0.29, 0.717) is 27.7 Å². The van der Waals surface area contributed by atoms with Crippen molar-refractivity contribution in [1.82, 2.24) is 15.0 Å². The van der Waals surface area contributed by atoms with Crippen molar-refractivity contribution < 1.29 is 4.79 Å². The second-order valence-electron chi connectivity index (χ2n) is 5.16. The number of nitrogens with one attached hydrogen (secondary N) is 1. The van der Waals surface area contributed by atoms with Gasteiger partial charge in [0.1, 0.15) is 6.07 Å². The summed E-state index contributed by atoms with van der Waals surface area (Å²) in [5.41, 5.74) is 2.10. The van der Waals surface area contributed by atoms with Crippen LogP contribution in [0.1, 0.15) is 21.7 Å². The first-order chi connectivity index (χ1) is 12.0. The molecule has 0 saturated heterocycles. The molecule has 3 rings (SSSR count). The molecule has 0 aliphatic heterocycles. The van der Waals surface area contributed by atoms with Crippen molar-refractivity contribution in [2.75, 3.05) is 5.32 Å². The van der Waals surface area contributed by atoms with Gasteiger partial charge in [-0.3, -0.25) is 4.79 Å². The molecule has 0 fully saturated rings. The molecule has 25 heavy (non-hydrogen) atoms. The number of anilines is 1. The molecule has 0 radical (unpaired) electrons. The third-order valence-electron chi connectivity index (χ3n) is 3.38. The maximum atomic E-state index is 12.5. The minimum absolute atomic E-state index is 0.181. The average molecular weight is 372 g/mol. The van der Waals surface area contributed by atoms with Gasteiger partial charge in [-0.2, -0.15) is 15.2 Å². The molecule has 1 aromatic heterocycles. The summed E-state index contributed by atoms with van der Waals surface area (Å²) in [6, 6.07) is 13.6. The highest BCUT2D eigenvalue weighted by Crippen LogP contribution is 2.21. The zero-order valence-electron chi connectivity index (χ0n) is 13.0. The van der Waals surface area contributed by atoms with E-state index in [-0.39, 0.29) is 10.7 Å². The summed E-state index contributed by atoms with van der Waals surface area (Å²) in [5.74, 6) is -0.424. The summed E-state index contributed by atoms with van der Waals surface area (Å²) >= 11 is 11.9. The highest BCUT2D eigenvalue weighted by Gasteiger charge is 2.17. The van der Waals surface area contributed by atoms with Crippen molar-refractivity contribution >= 4 is 34.8 Å². The minimum Gasteiger partial charge on any atom is -0.320 e. The third-order valence-corrected chi connectivity index (χ3v) is 3.93. The SMILES string of the molecule is Cc1nn(-c2cccc(Cl)c2)nc1C(=O)Nc1ccc(C#N)c(Cl)c1. The van der Waals surface area contributed by atoms with Crippen LogP contribution in [0, 0.1) is 18.3 Å². The number of aromatic nitrogens is 3. The Hall–Kier alpha value is -2.88. The molecule has 0 bridgehead atoms. The number of aryl methyl sites for hydroxylation is 1. The number of nitriles is 1. The fraction of sp³-hybridized carbons (Fsp3) is 0.0588. The molecule has 1 N–H and O–H groups in total. The molecule has 2 aromatic carbocycles. The molecule has 0 unspecified atom stereocenters. The van der Waals surface area contributed by atoms with Gasteiger partial charge in [-0.05, 0) is 43.3 Å². The molecule has 0 atom stereocenters. The number of hydrogen-bond donors (Lipinski definition) is 1. The van der Waals surface area contributed by atoms with Gasteiger partial charge in [0.05, 0.1) is 22.0 Å². The van der Waals surface area contributed by atoms with Crippen LogP contribution in [0.3, 0.4) is 0 Å². The summed E-state index contributed by atoms with van der Waals surface area (Å²) < 4.78 is 0. The van der Waals surface area contributed by atoms with E-state index in [1.54, 1.807) is 37.3 Å². The molecule has 0 saturated carbocycles. The number of amides is 1. The highest BCUT2D eigenvalue weighted by atomic mass is 35.5. The Kier molecular flexibility index (Phi) is 4.70. The van der Waals surface area contributed by atoms with Gasteiger partial charge in [0.25, 0.3) is 5.91 Å². The molecule has 6 nitrogen and oxygen atoms in total. The average Bonchev–Trinajstić information content (AvgIpc) is 2.97. The fourth-order valence-electron chi connectivity index (χ4n) is 2.18. The van der Waals surface area contributed by atoms with Gasteiger partial charge in [0.2, 0.25) is 0 Å². The van der Waals surface area contributed by atoms with Crippen LogP contribution in [-0.2, 0) is 0 Å². The third kappa shape index (κ3) is 3.63. The fourth-order valence-corrected chi connectivity index (χ4v) is 2.59. The lowest BCUT2D eigenvalue weighted by Crippen LogP contribution is -2.14. The molecule has 8 heteroatoms. The molecule has 1 heterocycles. The predicted molar refractivity (Wildman–Crippen MR) is 95.2 cm³/mol. The Balaban J connectivity index is 1.86. The Labute approximate surface area is 153 Å². The van der Waals surface area contributed by atoms with Crippen molar-refractivity contribution in [3.8, 4) is 11.8 Å². The number of halogens is 2. The normalized spacial score (nSPS) is 10.3. The molecule has 0 spiro atoms. The van der Waals surface area contributed by atoms with Gasteiger partial charge < -0.3 is 5.32 Å². The van der Waals surface area contributed by atoms with Crippen molar-refractivity contribution in [2.24, 2.45) is 0 Å². The molecule has 124 valence electrons. The van der Waals surface area contributed by atoms with Crippen LogP contribution >= 0.6 is 23.2 Å². The quantitative estimate of drug-likeness (QED) is 0.753. The van der Waals surface area contributed by atoms with E-state index >= 15 is 0 Å². The second-order valence-corrected chi connectivity index (χ2v) is 6.01. The summed E-state index contributed by atoms with van der Waals surface area (Å²) in [6.45, 7) is 1.69. The number of hydrogen-bond acceptors (Lipinski definition) is 4. The lowest BCUT2D eigenvalue weighted by Gasteiger charge is -2.04. The van der Waals surface area contributed by atoms with E-state index in [9.17, 15) is 4.79 Å². The highest BCUT2D eigenvalue weighted by molar-refractivity contribution is 6.32. The molecule has 3 aromatic rings. The van der Waals surface area contributed by atoms with Crippen LogP contribution in [0.4, 0.5) is 5.69 Å². The van der Waals surface area contributed by atoms with E-state index < -0.39 is 5.91 Å². The topological polar surface area (TPSA) is 83.6 Å². The van der Waals surface area contributed by atoms with Crippen LogP contribution < -0.4 is 5.32 Å². The monoisotopic (exact) mass is 371 g/mol. The Morgan fingerprint density at radius 3 is 2.68 bits per heavy atom. The molecular formula is C17H11Cl2N5O. The van der Waals surface area contributed by atoms with Crippen molar-refractivity contribution in [1.29, 1.82) is 5.26 Å². The van der Waals surface area contributed by atoms with Crippen molar-refractivity contribution in [3.63, 3.8) is 0 Å². The van der Waals surface area contributed by atoms with Crippen LogP contribution in [0.25, 0.3) is 5.69 Å². The summed E-state index contributed by atoms with van der Waals surface area (Å²) in [5, 5.41) is 20.9. The van der Waals surface area contributed by atoms with E-state index in [4.69, 9.17) is 28.5 Å². The van der Waals surface area contributed by atoms with Crippen LogP contribution in [0.15, 0.2) is 42.5 Å². The predicted octanol–water partition coefficient (Wildman–Crippen LogP) is 4.01. The standard InChI is InChI=1S/C17H11Cl2N5O/c1-10-16(23-24(22-10)14-4-2-3-12(18)7-14)17(25)21-13-6-5-11(9-20)15(19)8-13/h2-8H,1H3,(H,21,25). The minimum atomic E-state index is -0.424. The lowest BCUT2D eigenvalue weighted by atomic mass is 10.2. The van der Waals surface area contributed by atoms with Crippen molar-refractivity contribution in [3.05, 3.63) is 69.5 Å². The largest absolute Gasteiger partial charge is 0.320 e. The number of carbonyl (C=O) groups excluding carboxylic acids is 1. The number of benzene rings is 2. The molecule has 1 amide bonds. The van der Waals surface area contributed by atoms with E-state index in [1.807, 2.05) is 6.07 Å². The van der Waals surface area contributed by atoms with Gasteiger partial charge in [0, 0.05) is 10.7 Å². The zero-order valence-corrected chi connectivity index (χ0v) is 14.5. The van der Waals surface area contributed by atoms with Crippen LogP contribution in [-0.4, -0.2) is 20.9 Å².